The van der Waals surface area contributed by atoms with E-state index in [0.29, 0.717) is 12.0 Å². The molecule has 1 aromatic rings. The van der Waals surface area contributed by atoms with E-state index >= 15 is 0 Å². The van der Waals surface area contributed by atoms with Crippen molar-refractivity contribution in [2.75, 3.05) is 6.54 Å². The third-order valence-corrected chi connectivity index (χ3v) is 2.67. The van der Waals surface area contributed by atoms with Gasteiger partial charge in [-0.25, -0.2) is 0 Å². The van der Waals surface area contributed by atoms with Gasteiger partial charge < -0.3 is 5.32 Å². The predicted octanol–water partition coefficient (Wildman–Crippen LogP) is 2.79. The highest BCUT2D eigenvalue weighted by molar-refractivity contribution is 5.23. The lowest BCUT2D eigenvalue weighted by molar-refractivity contribution is 0.435. The summed E-state index contributed by atoms with van der Waals surface area (Å²) < 4.78 is 0. The van der Waals surface area contributed by atoms with Gasteiger partial charge in [0, 0.05) is 6.04 Å². The van der Waals surface area contributed by atoms with E-state index < -0.39 is 0 Å². The highest BCUT2D eigenvalue weighted by atomic mass is 15.1. The molecule has 3 nitrogen and oxygen atoms in total. The molecule has 1 rings (SSSR count). The van der Waals surface area contributed by atoms with Crippen molar-refractivity contribution in [3.05, 3.63) is 23.0 Å². The third-order valence-electron chi connectivity index (χ3n) is 2.67. The monoisotopic (exact) mass is 221 g/mol. The van der Waals surface area contributed by atoms with Gasteiger partial charge in [-0.1, -0.05) is 20.8 Å². The molecule has 0 aliphatic rings. The Morgan fingerprint density at radius 1 is 1.25 bits per heavy atom. The number of nitrogens with zero attached hydrogens (tertiary/aromatic N) is 2. The van der Waals surface area contributed by atoms with Crippen molar-refractivity contribution in [1.82, 2.24) is 15.5 Å². The quantitative estimate of drug-likeness (QED) is 0.831. The maximum Gasteiger partial charge on any atom is 0.0648 e. The highest BCUT2D eigenvalue weighted by Gasteiger charge is 2.15. The molecule has 90 valence electrons. The summed E-state index contributed by atoms with van der Waals surface area (Å²) in [7, 11) is 0. The van der Waals surface area contributed by atoms with Crippen LogP contribution in [0, 0.1) is 19.8 Å². The summed E-state index contributed by atoms with van der Waals surface area (Å²) in [5, 5.41) is 11.8. The van der Waals surface area contributed by atoms with Crippen molar-refractivity contribution in [3.63, 3.8) is 0 Å². The van der Waals surface area contributed by atoms with Gasteiger partial charge in [0.05, 0.1) is 11.4 Å². The average Bonchev–Trinajstić information content (AvgIpc) is 2.20. The van der Waals surface area contributed by atoms with E-state index in [9.17, 15) is 0 Å². The Bertz CT molecular complexity index is 334. The number of nitrogens with one attached hydrogen (secondary N) is 1. The van der Waals surface area contributed by atoms with E-state index in [4.69, 9.17) is 0 Å². The van der Waals surface area contributed by atoms with Crippen molar-refractivity contribution in [1.29, 1.82) is 0 Å². The van der Waals surface area contributed by atoms with Gasteiger partial charge in [-0.15, -0.1) is 0 Å². The largest absolute Gasteiger partial charge is 0.310 e. The summed E-state index contributed by atoms with van der Waals surface area (Å²) in [5.41, 5.74) is 3.33. The minimum atomic E-state index is 0.402. The molecular formula is C13H23N3. The van der Waals surface area contributed by atoms with Gasteiger partial charge >= 0.3 is 0 Å². The first-order chi connectivity index (χ1) is 7.54. The van der Waals surface area contributed by atoms with Crippen LogP contribution in [0.15, 0.2) is 6.07 Å². The van der Waals surface area contributed by atoms with Crippen LogP contribution >= 0.6 is 0 Å². The number of rotatable bonds is 5. The standard InChI is InChI=1S/C13H23N3/c1-6-14-13(7-9(2)3)12-8-10(4)15-16-11(12)5/h8-9,13-14H,6-7H2,1-5H3. The summed E-state index contributed by atoms with van der Waals surface area (Å²) in [4.78, 5) is 0. The number of hydrogen-bond donors (Lipinski definition) is 1. The normalized spacial score (nSPS) is 13.1. The topological polar surface area (TPSA) is 37.8 Å². The highest BCUT2D eigenvalue weighted by Crippen LogP contribution is 2.23. The van der Waals surface area contributed by atoms with Gasteiger partial charge in [-0.2, -0.15) is 10.2 Å². The van der Waals surface area contributed by atoms with E-state index in [1.807, 2.05) is 13.8 Å². The van der Waals surface area contributed by atoms with Gasteiger partial charge in [0.2, 0.25) is 0 Å². The zero-order valence-electron chi connectivity index (χ0n) is 11.0. The molecule has 1 N–H and O–H groups in total. The first-order valence-corrected chi connectivity index (χ1v) is 6.08. The fourth-order valence-electron chi connectivity index (χ4n) is 1.96. The van der Waals surface area contributed by atoms with Crippen molar-refractivity contribution < 1.29 is 0 Å². The molecule has 0 aliphatic heterocycles. The van der Waals surface area contributed by atoms with Crippen LogP contribution in [0.1, 0.15) is 50.2 Å². The van der Waals surface area contributed by atoms with E-state index in [0.717, 1.165) is 24.4 Å². The van der Waals surface area contributed by atoms with E-state index in [-0.39, 0.29) is 0 Å². The first kappa shape index (κ1) is 13.1. The van der Waals surface area contributed by atoms with Gasteiger partial charge in [0.25, 0.3) is 0 Å². The van der Waals surface area contributed by atoms with Crippen molar-refractivity contribution >= 4 is 0 Å². The van der Waals surface area contributed by atoms with Crippen molar-refractivity contribution in [3.8, 4) is 0 Å². The first-order valence-electron chi connectivity index (χ1n) is 6.08. The molecule has 0 fully saturated rings. The van der Waals surface area contributed by atoms with Crippen LogP contribution in [-0.2, 0) is 0 Å². The number of hydrogen-bond acceptors (Lipinski definition) is 3. The molecule has 0 aliphatic carbocycles. The zero-order chi connectivity index (χ0) is 12.1. The van der Waals surface area contributed by atoms with Crippen LogP contribution in [0.4, 0.5) is 0 Å². The van der Waals surface area contributed by atoms with Crippen LogP contribution in [0.2, 0.25) is 0 Å². The zero-order valence-corrected chi connectivity index (χ0v) is 11.0. The molecule has 0 aromatic carbocycles. The number of aromatic nitrogens is 2. The summed E-state index contributed by atoms with van der Waals surface area (Å²) >= 11 is 0. The minimum Gasteiger partial charge on any atom is -0.310 e. The Kier molecular flexibility index (Phi) is 4.87. The molecule has 3 heteroatoms. The molecule has 1 heterocycles. The van der Waals surface area contributed by atoms with Crippen LogP contribution < -0.4 is 5.32 Å². The second kappa shape index (κ2) is 5.94. The molecule has 1 atom stereocenters. The average molecular weight is 221 g/mol. The lowest BCUT2D eigenvalue weighted by Crippen LogP contribution is -2.23. The number of aryl methyl sites for hydroxylation is 2. The Morgan fingerprint density at radius 3 is 2.50 bits per heavy atom. The lowest BCUT2D eigenvalue weighted by Gasteiger charge is -2.21. The minimum absolute atomic E-state index is 0.402. The van der Waals surface area contributed by atoms with Crippen LogP contribution in [0.3, 0.4) is 0 Å². The Labute approximate surface area is 98.7 Å². The summed E-state index contributed by atoms with van der Waals surface area (Å²) in [6, 6.07) is 2.55. The molecule has 16 heavy (non-hydrogen) atoms. The van der Waals surface area contributed by atoms with Gasteiger partial charge in [-0.05, 0) is 44.4 Å². The van der Waals surface area contributed by atoms with Crippen molar-refractivity contribution in [2.45, 2.75) is 47.1 Å². The SMILES string of the molecule is CCNC(CC(C)C)c1cc(C)nnc1C. The molecular weight excluding hydrogens is 198 g/mol. The molecule has 0 bridgehead atoms. The van der Waals surface area contributed by atoms with Crippen molar-refractivity contribution in [2.24, 2.45) is 5.92 Å². The van der Waals surface area contributed by atoms with E-state index in [1.165, 1.54) is 5.56 Å². The van der Waals surface area contributed by atoms with E-state index in [1.54, 1.807) is 0 Å². The second-order valence-electron chi connectivity index (χ2n) is 4.77. The summed E-state index contributed by atoms with van der Waals surface area (Å²) in [5.74, 6) is 0.678. The predicted molar refractivity (Wildman–Crippen MR) is 67.4 cm³/mol. The smallest absolute Gasteiger partial charge is 0.0648 e. The molecule has 0 amide bonds. The summed E-state index contributed by atoms with van der Waals surface area (Å²) in [6.45, 7) is 11.7. The Balaban J connectivity index is 2.94. The molecule has 0 radical (unpaired) electrons. The molecule has 0 spiro atoms. The maximum atomic E-state index is 4.20. The van der Waals surface area contributed by atoms with Crippen LogP contribution in [-0.4, -0.2) is 16.7 Å². The molecule has 1 unspecified atom stereocenters. The summed E-state index contributed by atoms with van der Waals surface area (Å²) in [6.07, 6.45) is 1.14. The molecule has 0 saturated heterocycles. The Morgan fingerprint density at radius 2 is 1.94 bits per heavy atom. The molecule has 0 saturated carbocycles. The Hall–Kier alpha value is -0.960. The third kappa shape index (κ3) is 3.56. The van der Waals surface area contributed by atoms with E-state index in [2.05, 4.69) is 42.4 Å². The van der Waals surface area contributed by atoms with Crippen LogP contribution in [0.25, 0.3) is 0 Å². The van der Waals surface area contributed by atoms with Gasteiger partial charge in [-0.3, -0.25) is 0 Å². The van der Waals surface area contributed by atoms with Gasteiger partial charge in [0.1, 0.15) is 0 Å². The van der Waals surface area contributed by atoms with Crippen LogP contribution in [0.5, 0.6) is 0 Å². The second-order valence-corrected chi connectivity index (χ2v) is 4.77. The van der Waals surface area contributed by atoms with Gasteiger partial charge in [0.15, 0.2) is 0 Å². The molecule has 1 aromatic heterocycles. The fourth-order valence-corrected chi connectivity index (χ4v) is 1.96. The fraction of sp³-hybridized carbons (Fsp3) is 0.692. The maximum absolute atomic E-state index is 4.20. The lowest BCUT2D eigenvalue weighted by atomic mass is 9.96.